The molecule has 1 unspecified atom stereocenters. The van der Waals surface area contributed by atoms with Gasteiger partial charge in [0.05, 0.1) is 16.4 Å². The van der Waals surface area contributed by atoms with E-state index in [1.807, 2.05) is 28.8 Å². The lowest BCUT2D eigenvalue weighted by Gasteiger charge is -2.37. The number of nitrogens with one attached hydrogen (secondary N) is 1. The number of nitrogens with zero attached hydrogens (tertiary/aromatic N) is 4. The van der Waals surface area contributed by atoms with E-state index < -0.39 is 0 Å². The highest BCUT2D eigenvalue weighted by molar-refractivity contribution is 9.10. The van der Waals surface area contributed by atoms with Crippen LogP contribution in [0, 0.1) is 5.92 Å². The standard InChI is InChI=1S/C27H28BrN5O/c28-23-16-30-33-26(14-24(31-27(23)33)22-9-3-4-10-25(22)34)29-15-18-6-5-11-32(17-18)21-12-19-7-1-2-8-20(19)13-21/h1-4,7-10,14,16,18,21,29,34H,5-6,11-13,15,17H2. The summed E-state index contributed by atoms with van der Waals surface area (Å²) < 4.78 is 2.67. The molecule has 7 heteroatoms. The molecule has 2 N–H and O–H groups in total. The van der Waals surface area contributed by atoms with Gasteiger partial charge >= 0.3 is 0 Å². The molecule has 0 radical (unpaired) electrons. The molecule has 2 aliphatic rings. The van der Waals surface area contributed by atoms with E-state index in [0.717, 1.165) is 34.7 Å². The molecule has 2 aromatic heterocycles. The monoisotopic (exact) mass is 517 g/mol. The first kappa shape index (κ1) is 21.6. The van der Waals surface area contributed by atoms with Crippen LogP contribution in [0.15, 0.2) is 65.3 Å². The number of phenols is 1. The average molecular weight is 518 g/mol. The Labute approximate surface area is 207 Å². The van der Waals surface area contributed by atoms with Gasteiger partial charge in [-0.3, -0.25) is 4.90 Å². The number of aromatic nitrogens is 3. The van der Waals surface area contributed by atoms with Gasteiger partial charge in [-0.2, -0.15) is 9.61 Å². The second-order valence-corrected chi connectivity index (χ2v) is 10.3. The first-order valence-electron chi connectivity index (χ1n) is 12.0. The maximum Gasteiger partial charge on any atom is 0.172 e. The number of para-hydroxylation sites is 1. The van der Waals surface area contributed by atoms with Crippen LogP contribution in [0.3, 0.4) is 0 Å². The highest BCUT2D eigenvalue weighted by Crippen LogP contribution is 2.32. The summed E-state index contributed by atoms with van der Waals surface area (Å²) in [5.74, 6) is 1.69. The van der Waals surface area contributed by atoms with E-state index in [2.05, 4.69) is 55.5 Å². The summed E-state index contributed by atoms with van der Waals surface area (Å²) in [7, 11) is 0. The first-order valence-corrected chi connectivity index (χ1v) is 12.8. The van der Waals surface area contributed by atoms with Crippen molar-refractivity contribution < 1.29 is 5.11 Å². The number of piperidine rings is 1. The molecule has 0 bridgehead atoms. The van der Waals surface area contributed by atoms with Crippen molar-refractivity contribution in [1.82, 2.24) is 19.5 Å². The third-order valence-corrected chi connectivity index (χ3v) is 7.84. The predicted octanol–water partition coefficient (Wildman–Crippen LogP) is 5.16. The predicted molar refractivity (Wildman–Crippen MR) is 138 cm³/mol. The summed E-state index contributed by atoms with van der Waals surface area (Å²) in [5, 5.41) is 18.6. The van der Waals surface area contributed by atoms with E-state index in [1.165, 1.54) is 43.4 Å². The van der Waals surface area contributed by atoms with E-state index in [1.54, 1.807) is 12.3 Å². The summed E-state index contributed by atoms with van der Waals surface area (Å²) >= 11 is 3.57. The summed E-state index contributed by atoms with van der Waals surface area (Å²) in [5.41, 5.74) is 5.21. The van der Waals surface area contributed by atoms with Gasteiger partial charge in [0.1, 0.15) is 11.6 Å². The number of aromatic hydroxyl groups is 1. The average Bonchev–Trinajstić information content (AvgIpc) is 3.47. The van der Waals surface area contributed by atoms with E-state index >= 15 is 0 Å². The fourth-order valence-corrected chi connectivity index (χ4v) is 5.88. The maximum absolute atomic E-state index is 10.4. The number of hydrogen-bond donors (Lipinski definition) is 2. The van der Waals surface area contributed by atoms with E-state index in [4.69, 9.17) is 4.98 Å². The third-order valence-electron chi connectivity index (χ3n) is 7.28. The molecule has 1 aliphatic heterocycles. The van der Waals surface area contributed by atoms with Gasteiger partial charge in [0.25, 0.3) is 0 Å². The minimum Gasteiger partial charge on any atom is -0.507 e. The van der Waals surface area contributed by atoms with Gasteiger partial charge in [-0.15, -0.1) is 0 Å². The van der Waals surface area contributed by atoms with Crippen molar-refractivity contribution in [1.29, 1.82) is 0 Å². The lowest BCUT2D eigenvalue weighted by molar-refractivity contribution is 0.131. The number of fused-ring (bicyclic) bond motifs is 2. The van der Waals surface area contributed by atoms with Gasteiger partial charge in [0, 0.05) is 30.8 Å². The molecule has 1 aliphatic carbocycles. The highest BCUT2D eigenvalue weighted by Gasteiger charge is 2.30. The number of benzene rings is 2. The summed E-state index contributed by atoms with van der Waals surface area (Å²) in [6.45, 7) is 3.19. The van der Waals surface area contributed by atoms with Gasteiger partial charge in [0.15, 0.2) is 5.65 Å². The Morgan fingerprint density at radius 1 is 1.06 bits per heavy atom. The zero-order valence-electron chi connectivity index (χ0n) is 19.0. The molecule has 6 nitrogen and oxygen atoms in total. The van der Waals surface area contributed by atoms with Gasteiger partial charge in [-0.1, -0.05) is 36.4 Å². The molecule has 0 spiro atoms. The fourth-order valence-electron chi connectivity index (χ4n) is 5.53. The van der Waals surface area contributed by atoms with Crippen molar-refractivity contribution in [3.05, 3.63) is 76.4 Å². The molecule has 6 rings (SSSR count). The van der Waals surface area contributed by atoms with Crippen LogP contribution in [0.2, 0.25) is 0 Å². The van der Waals surface area contributed by atoms with Crippen molar-refractivity contribution in [2.24, 2.45) is 5.92 Å². The zero-order chi connectivity index (χ0) is 23.1. The van der Waals surface area contributed by atoms with E-state index in [9.17, 15) is 5.11 Å². The molecule has 0 amide bonds. The molecule has 0 saturated carbocycles. The van der Waals surface area contributed by atoms with Crippen molar-refractivity contribution in [3.63, 3.8) is 0 Å². The number of halogens is 1. The van der Waals surface area contributed by atoms with Crippen molar-refractivity contribution >= 4 is 27.4 Å². The SMILES string of the molecule is Oc1ccccc1-c1cc(NCC2CCCN(C3Cc4ccccc4C3)C2)n2ncc(Br)c2n1. The smallest absolute Gasteiger partial charge is 0.172 e. The second-order valence-electron chi connectivity index (χ2n) is 9.49. The van der Waals surface area contributed by atoms with Gasteiger partial charge in [-0.25, -0.2) is 4.98 Å². The van der Waals surface area contributed by atoms with Gasteiger partial charge < -0.3 is 10.4 Å². The molecule has 1 fully saturated rings. The van der Waals surface area contributed by atoms with Crippen LogP contribution < -0.4 is 5.32 Å². The Morgan fingerprint density at radius 3 is 2.62 bits per heavy atom. The molecule has 2 aromatic carbocycles. The van der Waals surface area contributed by atoms with Crippen LogP contribution in [-0.4, -0.2) is 50.3 Å². The molecular weight excluding hydrogens is 490 g/mol. The Balaban J connectivity index is 1.20. The van der Waals surface area contributed by atoms with Crippen molar-refractivity contribution in [2.75, 3.05) is 25.0 Å². The zero-order valence-corrected chi connectivity index (χ0v) is 20.6. The molecule has 1 saturated heterocycles. The van der Waals surface area contributed by atoms with Crippen LogP contribution in [0.4, 0.5) is 5.82 Å². The summed E-state index contributed by atoms with van der Waals surface area (Å²) in [6, 6.07) is 18.8. The molecule has 3 heterocycles. The maximum atomic E-state index is 10.4. The fraction of sp³-hybridized carbons (Fsp3) is 0.333. The van der Waals surface area contributed by atoms with Gasteiger partial charge in [-0.05, 0) is 77.3 Å². The normalized spacial score (nSPS) is 18.9. The van der Waals surface area contributed by atoms with Crippen LogP contribution in [-0.2, 0) is 12.8 Å². The van der Waals surface area contributed by atoms with Crippen molar-refractivity contribution in [2.45, 2.75) is 31.7 Å². The van der Waals surface area contributed by atoms with E-state index in [-0.39, 0.29) is 5.75 Å². The minimum atomic E-state index is 0.224. The Hall–Kier alpha value is -2.90. The van der Waals surface area contributed by atoms with Crippen LogP contribution in [0.5, 0.6) is 5.75 Å². The summed E-state index contributed by atoms with van der Waals surface area (Å²) in [4.78, 5) is 7.45. The van der Waals surface area contributed by atoms with E-state index in [0.29, 0.717) is 17.5 Å². The lowest BCUT2D eigenvalue weighted by atomic mass is 9.96. The Bertz CT molecular complexity index is 1310. The lowest BCUT2D eigenvalue weighted by Crippen LogP contribution is -2.44. The molecule has 174 valence electrons. The Kier molecular flexibility index (Phi) is 5.75. The van der Waals surface area contributed by atoms with Crippen molar-refractivity contribution in [3.8, 4) is 17.0 Å². The third kappa shape index (κ3) is 4.07. The van der Waals surface area contributed by atoms with Gasteiger partial charge in [0.2, 0.25) is 0 Å². The largest absolute Gasteiger partial charge is 0.507 e. The number of hydrogen-bond acceptors (Lipinski definition) is 5. The second kappa shape index (κ2) is 9.04. The topological polar surface area (TPSA) is 65.7 Å². The Morgan fingerprint density at radius 2 is 1.82 bits per heavy atom. The molecule has 1 atom stereocenters. The number of rotatable bonds is 5. The molecule has 4 aromatic rings. The summed E-state index contributed by atoms with van der Waals surface area (Å²) in [6.07, 6.45) is 6.58. The minimum absolute atomic E-state index is 0.224. The number of anilines is 1. The number of phenolic OH excluding ortho intramolecular Hbond substituents is 1. The quantitative estimate of drug-likeness (QED) is 0.383. The number of likely N-dealkylation sites (tertiary alicyclic amines) is 1. The first-order chi connectivity index (χ1) is 16.7. The molecule has 34 heavy (non-hydrogen) atoms. The van der Waals surface area contributed by atoms with Crippen LogP contribution in [0.1, 0.15) is 24.0 Å². The highest BCUT2D eigenvalue weighted by atomic mass is 79.9. The molecular formula is C27H28BrN5O. The van der Waals surface area contributed by atoms with Crippen LogP contribution >= 0.6 is 15.9 Å². The van der Waals surface area contributed by atoms with Crippen LogP contribution in [0.25, 0.3) is 16.9 Å².